The van der Waals surface area contributed by atoms with Crippen molar-refractivity contribution in [3.63, 3.8) is 0 Å². The summed E-state index contributed by atoms with van der Waals surface area (Å²) in [5.74, 6) is -0.0701. The summed E-state index contributed by atoms with van der Waals surface area (Å²) in [5.41, 5.74) is 1.61. The molecule has 3 heterocycles. The van der Waals surface area contributed by atoms with E-state index >= 15 is 0 Å². The Kier molecular flexibility index (Phi) is 6.08. The molecule has 0 spiro atoms. The number of halogens is 4. The third-order valence-electron chi connectivity index (χ3n) is 5.54. The summed E-state index contributed by atoms with van der Waals surface area (Å²) in [6, 6.07) is 10.9. The van der Waals surface area contributed by atoms with Crippen LogP contribution in [0.1, 0.15) is 12.0 Å². The molecular formula is C22H19ClF3N5O2. The van der Waals surface area contributed by atoms with Crippen molar-refractivity contribution in [1.82, 2.24) is 9.97 Å². The normalized spacial score (nSPS) is 16.1. The lowest BCUT2D eigenvalue weighted by molar-refractivity contribution is -0.274. The third kappa shape index (κ3) is 4.98. The summed E-state index contributed by atoms with van der Waals surface area (Å²) in [5, 5.41) is 9.82. The molecule has 7 nitrogen and oxygen atoms in total. The van der Waals surface area contributed by atoms with Crippen LogP contribution in [0.4, 0.5) is 24.5 Å². The Morgan fingerprint density at radius 1 is 1.30 bits per heavy atom. The van der Waals surface area contributed by atoms with E-state index in [1.165, 1.54) is 12.1 Å². The summed E-state index contributed by atoms with van der Waals surface area (Å²) >= 11 is 6.05. The van der Waals surface area contributed by atoms with Crippen LogP contribution in [0.25, 0.3) is 11.0 Å². The number of benzene rings is 1. The number of rotatable bonds is 5. The molecule has 33 heavy (non-hydrogen) atoms. The molecule has 1 N–H and O–H groups in total. The van der Waals surface area contributed by atoms with Gasteiger partial charge in [0.15, 0.2) is 0 Å². The summed E-state index contributed by atoms with van der Waals surface area (Å²) in [6.45, 7) is 1.94. The van der Waals surface area contributed by atoms with Crippen LogP contribution in [0, 0.1) is 17.2 Å². The summed E-state index contributed by atoms with van der Waals surface area (Å²) < 4.78 is 41.0. The smallest absolute Gasteiger partial charge is 0.406 e. The number of aromatic nitrogens is 2. The maximum Gasteiger partial charge on any atom is 0.573 e. The van der Waals surface area contributed by atoms with Crippen LogP contribution in [-0.4, -0.2) is 43.0 Å². The number of anilines is 2. The monoisotopic (exact) mass is 477 g/mol. The van der Waals surface area contributed by atoms with Crippen molar-refractivity contribution in [2.45, 2.75) is 12.8 Å². The highest BCUT2D eigenvalue weighted by Gasteiger charge is 2.31. The third-order valence-corrected chi connectivity index (χ3v) is 5.76. The van der Waals surface area contributed by atoms with Gasteiger partial charge in [0.2, 0.25) is 0 Å². The van der Waals surface area contributed by atoms with E-state index in [9.17, 15) is 23.2 Å². The quantitative estimate of drug-likeness (QED) is 0.551. The van der Waals surface area contributed by atoms with E-state index in [0.29, 0.717) is 29.8 Å². The van der Waals surface area contributed by atoms with Crippen molar-refractivity contribution < 1.29 is 17.9 Å². The molecule has 1 atom stereocenters. The topological polar surface area (TPSA) is 85.2 Å². The Balaban J connectivity index is 1.51. The second-order valence-corrected chi connectivity index (χ2v) is 8.23. The van der Waals surface area contributed by atoms with Crippen LogP contribution in [0.2, 0.25) is 5.15 Å². The van der Waals surface area contributed by atoms with Crippen molar-refractivity contribution in [2.75, 3.05) is 36.5 Å². The lowest BCUT2D eigenvalue weighted by Crippen LogP contribution is -2.30. The van der Waals surface area contributed by atoms with Gasteiger partial charge in [-0.15, -0.1) is 13.2 Å². The largest absolute Gasteiger partial charge is 0.573 e. The Morgan fingerprint density at radius 2 is 2.03 bits per heavy atom. The van der Waals surface area contributed by atoms with E-state index < -0.39 is 11.9 Å². The van der Waals surface area contributed by atoms with Crippen LogP contribution in [0.15, 0.2) is 41.2 Å². The van der Waals surface area contributed by atoms with Crippen LogP contribution in [0.5, 0.6) is 5.75 Å². The first-order chi connectivity index (χ1) is 15.6. The number of ether oxygens (including phenoxy) is 1. The molecule has 0 bridgehead atoms. The highest BCUT2D eigenvalue weighted by atomic mass is 35.5. The molecular weight excluding hydrogens is 459 g/mol. The van der Waals surface area contributed by atoms with E-state index in [-0.39, 0.29) is 22.4 Å². The molecule has 1 saturated heterocycles. The van der Waals surface area contributed by atoms with Crippen molar-refractivity contribution in [3.8, 4) is 11.8 Å². The first-order valence-corrected chi connectivity index (χ1v) is 10.5. The standard InChI is InChI=1S/C22H19ClF3N5O2/c1-30(20-16(10-27)21(32)28-17-6-7-18(23)29-19(17)20)11-13-8-9-31(12-13)14-2-4-15(5-3-14)33-22(24,25)26/h2-7,13H,8-9,11-12H2,1H3,(H,28,32)/t13-/m1/s1. The van der Waals surface area contributed by atoms with Gasteiger partial charge in [0.25, 0.3) is 5.56 Å². The maximum absolute atomic E-state index is 12.4. The van der Waals surface area contributed by atoms with Crippen molar-refractivity contribution >= 4 is 34.0 Å². The van der Waals surface area contributed by atoms with E-state index in [1.54, 1.807) is 31.3 Å². The molecule has 2 aromatic heterocycles. The van der Waals surface area contributed by atoms with Crippen LogP contribution in [0.3, 0.4) is 0 Å². The van der Waals surface area contributed by atoms with Crippen LogP contribution >= 0.6 is 11.6 Å². The van der Waals surface area contributed by atoms with Crippen LogP contribution in [-0.2, 0) is 0 Å². The molecule has 0 aliphatic carbocycles. The number of fused-ring (bicyclic) bond motifs is 1. The molecule has 11 heteroatoms. The zero-order chi connectivity index (χ0) is 23.8. The Bertz CT molecular complexity index is 1270. The van der Waals surface area contributed by atoms with Gasteiger partial charge in [-0.2, -0.15) is 5.26 Å². The molecule has 1 aliphatic rings. The molecule has 0 amide bonds. The van der Waals surface area contributed by atoms with Crippen molar-refractivity contribution in [3.05, 3.63) is 57.5 Å². The number of pyridine rings is 2. The number of aromatic amines is 1. The molecule has 4 rings (SSSR count). The number of H-pyrrole nitrogens is 1. The number of nitriles is 1. The van der Waals surface area contributed by atoms with Gasteiger partial charge in [-0.3, -0.25) is 4.79 Å². The lowest BCUT2D eigenvalue weighted by atomic mass is 10.1. The second kappa shape index (κ2) is 8.83. The highest BCUT2D eigenvalue weighted by Crippen LogP contribution is 2.31. The second-order valence-electron chi connectivity index (χ2n) is 7.84. The SMILES string of the molecule is CN(C[C@H]1CCN(c2ccc(OC(F)(F)F)cc2)C1)c1c(C#N)c(=O)[nH]c2ccc(Cl)nc12. The fourth-order valence-corrected chi connectivity index (χ4v) is 4.30. The number of hydrogen-bond donors (Lipinski definition) is 1. The molecule has 0 radical (unpaired) electrons. The zero-order valence-electron chi connectivity index (χ0n) is 17.5. The first kappa shape index (κ1) is 22.7. The molecule has 0 saturated carbocycles. The molecule has 0 unspecified atom stereocenters. The lowest BCUT2D eigenvalue weighted by Gasteiger charge is -2.25. The predicted octanol–water partition coefficient (Wildman–Crippen LogP) is 4.31. The zero-order valence-corrected chi connectivity index (χ0v) is 18.2. The molecule has 1 fully saturated rings. The van der Waals surface area contributed by atoms with E-state index in [1.807, 2.05) is 11.0 Å². The minimum absolute atomic E-state index is 0.0325. The van der Waals surface area contributed by atoms with Gasteiger partial charge in [-0.05, 0) is 48.7 Å². The van der Waals surface area contributed by atoms with E-state index in [2.05, 4.69) is 19.6 Å². The predicted molar refractivity (Wildman–Crippen MR) is 119 cm³/mol. The fraction of sp³-hybridized carbons (Fsp3) is 0.318. The number of nitrogens with one attached hydrogen (secondary N) is 1. The first-order valence-electron chi connectivity index (χ1n) is 10.1. The number of alkyl halides is 3. The highest BCUT2D eigenvalue weighted by molar-refractivity contribution is 6.29. The summed E-state index contributed by atoms with van der Waals surface area (Å²) in [4.78, 5) is 23.3. The molecule has 172 valence electrons. The van der Waals surface area contributed by atoms with Gasteiger partial charge in [0.1, 0.15) is 28.1 Å². The van der Waals surface area contributed by atoms with Gasteiger partial charge >= 0.3 is 6.36 Å². The minimum atomic E-state index is -4.73. The maximum atomic E-state index is 12.4. The van der Waals surface area contributed by atoms with E-state index in [4.69, 9.17) is 11.6 Å². The Hall–Kier alpha value is -3.45. The van der Waals surface area contributed by atoms with Gasteiger partial charge < -0.3 is 19.5 Å². The van der Waals surface area contributed by atoms with E-state index in [0.717, 1.165) is 18.7 Å². The number of hydrogen-bond acceptors (Lipinski definition) is 6. The number of nitrogens with zero attached hydrogens (tertiary/aromatic N) is 4. The van der Waals surface area contributed by atoms with Gasteiger partial charge in [-0.1, -0.05) is 11.6 Å². The van der Waals surface area contributed by atoms with Gasteiger partial charge in [-0.25, -0.2) is 4.98 Å². The average molecular weight is 478 g/mol. The fourth-order valence-electron chi connectivity index (χ4n) is 4.16. The van der Waals surface area contributed by atoms with Crippen LogP contribution < -0.4 is 20.1 Å². The Morgan fingerprint density at radius 3 is 2.70 bits per heavy atom. The summed E-state index contributed by atoms with van der Waals surface area (Å²) in [7, 11) is 1.80. The molecule has 3 aromatic rings. The van der Waals surface area contributed by atoms with Gasteiger partial charge in [0, 0.05) is 32.4 Å². The Labute approximate surface area is 192 Å². The average Bonchev–Trinajstić information content (AvgIpc) is 3.20. The van der Waals surface area contributed by atoms with Crippen molar-refractivity contribution in [2.24, 2.45) is 5.92 Å². The van der Waals surface area contributed by atoms with Crippen molar-refractivity contribution in [1.29, 1.82) is 5.26 Å². The molecule has 1 aliphatic heterocycles. The summed E-state index contributed by atoms with van der Waals surface area (Å²) in [6.07, 6.45) is -3.89. The van der Waals surface area contributed by atoms with Gasteiger partial charge in [0.05, 0.1) is 11.2 Å². The minimum Gasteiger partial charge on any atom is -0.406 e. The molecule has 1 aromatic carbocycles.